The summed E-state index contributed by atoms with van der Waals surface area (Å²) >= 11 is 1.86. The maximum absolute atomic E-state index is 12.6. The molecule has 0 aromatic heterocycles. The van der Waals surface area contributed by atoms with Gasteiger partial charge in [0, 0.05) is 5.25 Å². The van der Waals surface area contributed by atoms with Gasteiger partial charge in [-0.3, -0.25) is 0 Å². The minimum Gasteiger partial charge on any atom is -0.228 e. The van der Waals surface area contributed by atoms with Crippen molar-refractivity contribution in [2.45, 2.75) is 58.5 Å². The number of rotatable bonds is 4. The van der Waals surface area contributed by atoms with E-state index in [2.05, 4.69) is 20.8 Å². The predicted octanol–water partition coefficient (Wildman–Crippen LogP) is 4.48. The average molecular weight is 331 g/mol. The van der Waals surface area contributed by atoms with Gasteiger partial charge in [-0.05, 0) is 23.5 Å². The van der Waals surface area contributed by atoms with Crippen LogP contribution in [0.2, 0.25) is 0 Å². The van der Waals surface area contributed by atoms with Gasteiger partial charge in [-0.25, -0.2) is 8.42 Å². The molecule has 1 rings (SSSR count). The fraction of sp³-hybridized carbons (Fsp3) is 0.765. The molecule has 0 radical (unpaired) electrons. The van der Waals surface area contributed by atoms with Crippen LogP contribution in [0.5, 0.6) is 0 Å². The molecule has 0 aliphatic heterocycles. The van der Waals surface area contributed by atoms with Gasteiger partial charge < -0.3 is 0 Å². The maximum atomic E-state index is 12.6. The van der Waals surface area contributed by atoms with Crippen molar-refractivity contribution in [3.63, 3.8) is 0 Å². The van der Waals surface area contributed by atoms with Gasteiger partial charge in [0.25, 0.3) is 0 Å². The Labute approximate surface area is 135 Å². The predicted molar refractivity (Wildman–Crippen MR) is 95.6 cm³/mol. The highest BCUT2D eigenvalue weighted by Crippen LogP contribution is 2.33. The SMILES string of the molecule is CC(C)(C)CSC1C=CC(C)(S(=O)(=O)CC(C)(C)C)C=C1. The lowest BCUT2D eigenvalue weighted by molar-refractivity contribution is 0.457. The van der Waals surface area contributed by atoms with E-state index in [-0.39, 0.29) is 21.8 Å². The summed E-state index contributed by atoms with van der Waals surface area (Å²) in [6, 6.07) is 0. The molecule has 1 aliphatic rings. The van der Waals surface area contributed by atoms with Crippen LogP contribution in [0.3, 0.4) is 0 Å². The normalized spacial score (nSPS) is 27.1. The van der Waals surface area contributed by atoms with Gasteiger partial charge in [0.15, 0.2) is 9.84 Å². The van der Waals surface area contributed by atoms with Gasteiger partial charge in [0.05, 0.1) is 5.75 Å². The van der Waals surface area contributed by atoms with Crippen LogP contribution in [-0.4, -0.2) is 29.9 Å². The first-order valence-corrected chi connectivity index (χ1v) is 10.2. The summed E-state index contributed by atoms with van der Waals surface area (Å²) in [5.41, 5.74) is 0.0623. The van der Waals surface area contributed by atoms with Gasteiger partial charge in [0.1, 0.15) is 4.75 Å². The minimum atomic E-state index is -3.19. The van der Waals surface area contributed by atoms with Crippen molar-refractivity contribution in [2.75, 3.05) is 11.5 Å². The van der Waals surface area contributed by atoms with E-state index in [0.717, 1.165) is 5.75 Å². The highest BCUT2D eigenvalue weighted by Gasteiger charge is 2.38. The van der Waals surface area contributed by atoms with Crippen molar-refractivity contribution in [3.8, 4) is 0 Å². The Morgan fingerprint density at radius 3 is 1.86 bits per heavy atom. The van der Waals surface area contributed by atoms with Crippen LogP contribution in [0.4, 0.5) is 0 Å². The van der Waals surface area contributed by atoms with Gasteiger partial charge in [-0.2, -0.15) is 0 Å². The molecule has 0 bridgehead atoms. The van der Waals surface area contributed by atoms with Crippen molar-refractivity contribution in [1.29, 1.82) is 0 Å². The molecule has 2 nitrogen and oxygen atoms in total. The Morgan fingerprint density at radius 1 is 1.00 bits per heavy atom. The molecule has 0 saturated heterocycles. The number of sulfone groups is 1. The molecule has 4 heteroatoms. The number of thioether (sulfide) groups is 1. The Balaban J connectivity index is 2.79. The smallest absolute Gasteiger partial charge is 0.163 e. The molecule has 0 amide bonds. The Morgan fingerprint density at radius 2 is 1.48 bits per heavy atom. The first-order chi connectivity index (χ1) is 9.24. The third kappa shape index (κ3) is 5.82. The van der Waals surface area contributed by atoms with Crippen molar-refractivity contribution >= 4 is 21.6 Å². The van der Waals surface area contributed by atoms with E-state index in [0.29, 0.717) is 0 Å². The first-order valence-electron chi connectivity index (χ1n) is 7.47. The molecule has 0 aromatic rings. The average Bonchev–Trinajstić information content (AvgIpc) is 2.23. The largest absolute Gasteiger partial charge is 0.228 e. The van der Waals surface area contributed by atoms with Gasteiger partial charge in [-0.1, -0.05) is 65.8 Å². The highest BCUT2D eigenvalue weighted by molar-refractivity contribution is 8.00. The zero-order valence-electron chi connectivity index (χ0n) is 14.4. The summed E-state index contributed by atoms with van der Waals surface area (Å²) in [6.07, 6.45) is 7.82. The zero-order valence-corrected chi connectivity index (χ0v) is 16.1. The van der Waals surface area contributed by atoms with Crippen molar-refractivity contribution in [1.82, 2.24) is 0 Å². The van der Waals surface area contributed by atoms with E-state index in [4.69, 9.17) is 0 Å². The lowest BCUT2D eigenvalue weighted by Crippen LogP contribution is -2.38. The second kappa shape index (κ2) is 6.11. The van der Waals surface area contributed by atoms with Gasteiger partial charge in [0.2, 0.25) is 0 Å². The molecule has 0 saturated carbocycles. The lowest BCUT2D eigenvalue weighted by Gasteiger charge is -2.30. The van der Waals surface area contributed by atoms with Crippen molar-refractivity contribution < 1.29 is 8.42 Å². The molecule has 0 N–H and O–H groups in total. The molecule has 0 spiro atoms. The summed E-state index contributed by atoms with van der Waals surface area (Å²) in [5, 5.41) is 0.280. The van der Waals surface area contributed by atoms with E-state index in [9.17, 15) is 8.42 Å². The van der Waals surface area contributed by atoms with Gasteiger partial charge >= 0.3 is 0 Å². The van der Waals surface area contributed by atoms with Crippen LogP contribution in [0.1, 0.15) is 48.5 Å². The first kappa shape index (κ1) is 18.8. The van der Waals surface area contributed by atoms with Crippen LogP contribution in [0.15, 0.2) is 24.3 Å². The van der Waals surface area contributed by atoms with E-state index < -0.39 is 14.6 Å². The molecule has 1 aliphatic carbocycles. The maximum Gasteiger partial charge on any atom is 0.163 e. The minimum absolute atomic E-state index is 0.199. The van der Waals surface area contributed by atoms with Crippen LogP contribution in [0.25, 0.3) is 0 Å². The summed E-state index contributed by atoms with van der Waals surface area (Å²) in [6.45, 7) is 14.3. The van der Waals surface area contributed by atoms with E-state index in [1.165, 1.54) is 0 Å². The Kier molecular flexibility index (Phi) is 5.48. The molecular formula is C17H30O2S2. The molecule has 0 heterocycles. The van der Waals surface area contributed by atoms with Crippen LogP contribution >= 0.6 is 11.8 Å². The topological polar surface area (TPSA) is 34.1 Å². The quantitative estimate of drug-likeness (QED) is 0.713. The summed E-state index contributed by atoms with van der Waals surface area (Å²) in [4.78, 5) is 0. The molecule has 122 valence electrons. The Bertz CT molecular complexity index is 500. The summed E-state index contributed by atoms with van der Waals surface area (Å²) < 4.78 is 24.4. The third-order valence-electron chi connectivity index (χ3n) is 3.24. The summed E-state index contributed by atoms with van der Waals surface area (Å²) in [5.74, 6) is 1.25. The van der Waals surface area contributed by atoms with E-state index in [1.54, 1.807) is 6.92 Å². The third-order valence-corrected chi connectivity index (χ3v) is 7.83. The second-order valence-corrected chi connectivity index (χ2v) is 12.1. The molecule has 0 aromatic carbocycles. The fourth-order valence-corrected chi connectivity index (χ4v) is 5.18. The van der Waals surface area contributed by atoms with Crippen LogP contribution < -0.4 is 0 Å². The lowest BCUT2D eigenvalue weighted by atomic mass is 10.0. The zero-order chi connectivity index (χ0) is 16.5. The van der Waals surface area contributed by atoms with Crippen LogP contribution in [0, 0.1) is 10.8 Å². The second-order valence-electron chi connectivity index (χ2n) is 8.56. The number of hydrogen-bond acceptors (Lipinski definition) is 3. The molecular weight excluding hydrogens is 300 g/mol. The fourth-order valence-electron chi connectivity index (χ4n) is 2.08. The summed E-state index contributed by atoms with van der Waals surface area (Å²) in [7, 11) is -3.19. The van der Waals surface area contributed by atoms with Crippen LogP contribution in [-0.2, 0) is 9.84 Å². The monoisotopic (exact) mass is 330 g/mol. The van der Waals surface area contributed by atoms with Crippen molar-refractivity contribution in [2.24, 2.45) is 10.8 Å². The van der Waals surface area contributed by atoms with E-state index in [1.807, 2.05) is 56.8 Å². The molecule has 0 unspecified atom stereocenters. The Hall–Kier alpha value is -0.220. The van der Waals surface area contributed by atoms with E-state index >= 15 is 0 Å². The molecule has 0 fully saturated rings. The number of hydrogen-bond donors (Lipinski definition) is 0. The van der Waals surface area contributed by atoms with Crippen molar-refractivity contribution in [3.05, 3.63) is 24.3 Å². The standard InChI is InChI=1S/C17H30O2S2/c1-15(2,3)12-20-14-8-10-17(7,11-9-14)21(18,19)13-16(4,5)6/h8-11,14H,12-13H2,1-7H3. The molecule has 21 heavy (non-hydrogen) atoms. The highest BCUT2D eigenvalue weighted by atomic mass is 32.2. The molecule has 0 atom stereocenters. The van der Waals surface area contributed by atoms with Gasteiger partial charge in [-0.15, -0.1) is 11.8 Å².